The second-order valence-corrected chi connectivity index (χ2v) is 9.32. The number of hydrogen-bond donors (Lipinski definition) is 3. The van der Waals surface area contributed by atoms with Crippen LogP contribution in [-0.2, 0) is 17.6 Å². The molecule has 3 aromatic rings. The summed E-state index contributed by atoms with van der Waals surface area (Å²) in [7, 11) is 0. The summed E-state index contributed by atoms with van der Waals surface area (Å²) in [5.41, 5.74) is 7.18. The van der Waals surface area contributed by atoms with Gasteiger partial charge < -0.3 is 10.2 Å². The second kappa shape index (κ2) is 8.38. The fraction of sp³-hybridized carbons (Fsp3) is 0.208. The van der Waals surface area contributed by atoms with Crippen molar-refractivity contribution in [1.82, 2.24) is 4.98 Å². The molecule has 0 atom stereocenters. The molecule has 1 aromatic heterocycles. The zero-order chi connectivity index (χ0) is 24.0. The van der Waals surface area contributed by atoms with E-state index in [1.54, 1.807) is 32.0 Å². The normalized spacial score (nSPS) is 16.2. The van der Waals surface area contributed by atoms with E-state index < -0.39 is 5.97 Å². The molecular weight excluding hydrogens is 454 g/mol. The number of thiazole rings is 1. The Bertz CT molecular complexity index is 1410. The van der Waals surface area contributed by atoms with E-state index in [4.69, 9.17) is 0 Å². The van der Waals surface area contributed by atoms with Gasteiger partial charge in [0.1, 0.15) is 5.01 Å². The maximum Gasteiger partial charge on any atom is 0.355 e. The number of rotatable bonds is 5. The lowest BCUT2D eigenvalue weighted by molar-refractivity contribution is -0.112. The fourth-order valence-electron chi connectivity index (χ4n) is 4.12. The third-order valence-electron chi connectivity index (χ3n) is 5.87. The molecule has 34 heavy (non-hydrogen) atoms. The molecule has 0 saturated carbocycles. The van der Waals surface area contributed by atoms with Crippen LogP contribution in [0.4, 0.5) is 11.4 Å². The van der Waals surface area contributed by atoms with Crippen LogP contribution >= 0.6 is 11.3 Å². The first-order chi connectivity index (χ1) is 16.3. The van der Waals surface area contributed by atoms with Crippen LogP contribution in [0.1, 0.15) is 39.8 Å². The highest BCUT2D eigenvalue weighted by Crippen LogP contribution is 2.38. The number of aromatic hydroxyl groups is 1. The molecule has 1 aliphatic heterocycles. The standard InChI is InChI=1S/C24H21N5O4S/c1-12-19(23(31)29(28-12)16-10-9-14-5-3-6-15(14)11-16)27-26-18-8-4-7-17(21(18)30)22-25-20(24(32)33)13(2)34-22/h4,7-11,26,30H,3,5-6H2,1-2H3,(H,32,33). The second-order valence-electron chi connectivity index (χ2n) is 8.11. The van der Waals surface area contributed by atoms with Crippen molar-refractivity contribution in [2.45, 2.75) is 33.1 Å². The van der Waals surface area contributed by atoms with Crippen molar-refractivity contribution in [1.29, 1.82) is 0 Å². The van der Waals surface area contributed by atoms with Crippen molar-refractivity contribution in [2.24, 2.45) is 10.2 Å². The number of nitrogens with zero attached hydrogens (tertiary/aromatic N) is 4. The number of nitrogens with one attached hydrogen (secondary N) is 1. The van der Waals surface area contributed by atoms with Gasteiger partial charge in [-0.15, -0.1) is 11.3 Å². The van der Waals surface area contributed by atoms with Crippen LogP contribution in [0.5, 0.6) is 5.75 Å². The number of aromatic carboxylic acids is 1. The van der Waals surface area contributed by atoms with E-state index in [0.29, 0.717) is 26.8 Å². The molecule has 2 heterocycles. The summed E-state index contributed by atoms with van der Waals surface area (Å²) in [4.78, 5) is 29.0. The third-order valence-corrected chi connectivity index (χ3v) is 6.87. The summed E-state index contributed by atoms with van der Waals surface area (Å²) in [5.74, 6) is -1.63. The molecule has 0 spiro atoms. The Morgan fingerprint density at radius 2 is 1.97 bits per heavy atom. The van der Waals surface area contributed by atoms with Crippen LogP contribution in [0.3, 0.4) is 0 Å². The molecule has 0 unspecified atom stereocenters. The number of amides is 1. The van der Waals surface area contributed by atoms with E-state index in [0.717, 1.165) is 19.3 Å². The highest BCUT2D eigenvalue weighted by atomic mass is 32.1. The Balaban J connectivity index is 1.40. The minimum atomic E-state index is -1.12. The number of carboxylic acids is 1. The number of carbonyl (C=O) groups is 2. The summed E-state index contributed by atoms with van der Waals surface area (Å²) >= 11 is 1.17. The molecule has 0 bridgehead atoms. The van der Waals surface area contributed by atoms with Crippen LogP contribution < -0.4 is 10.4 Å². The SMILES string of the molecule is CC1=NN(c2ccc3c(c2)CCC3)C(=O)C1=NNc1cccc(-c2nc(C(=O)O)c(C)s2)c1O. The lowest BCUT2D eigenvalue weighted by Crippen LogP contribution is -2.28. The third kappa shape index (κ3) is 3.71. The number of phenolic OH excluding ortho intramolecular Hbond substituents is 1. The molecule has 0 radical (unpaired) electrons. The van der Waals surface area contributed by atoms with Gasteiger partial charge in [-0.2, -0.15) is 15.2 Å². The zero-order valence-electron chi connectivity index (χ0n) is 18.5. The number of anilines is 2. The van der Waals surface area contributed by atoms with E-state index in [1.165, 1.54) is 27.5 Å². The summed E-state index contributed by atoms with van der Waals surface area (Å²) in [5, 5.41) is 30.3. The van der Waals surface area contributed by atoms with E-state index in [2.05, 4.69) is 20.6 Å². The van der Waals surface area contributed by atoms with E-state index in [-0.39, 0.29) is 28.7 Å². The first-order valence-corrected chi connectivity index (χ1v) is 11.5. The smallest absolute Gasteiger partial charge is 0.355 e. The molecule has 3 N–H and O–H groups in total. The number of benzene rings is 2. The molecule has 2 aliphatic rings. The van der Waals surface area contributed by atoms with E-state index in [1.807, 2.05) is 18.2 Å². The molecule has 172 valence electrons. The van der Waals surface area contributed by atoms with Crippen LogP contribution in [0, 0.1) is 6.92 Å². The Labute approximate surface area is 199 Å². The summed E-state index contributed by atoms with van der Waals surface area (Å²) in [6.07, 6.45) is 3.17. The minimum Gasteiger partial charge on any atom is -0.505 e. The summed E-state index contributed by atoms with van der Waals surface area (Å²) in [6, 6.07) is 10.9. The Hall–Kier alpha value is -4.05. The maximum absolute atomic E-state index is 13.0. The number of carboxylic acid groups (broad SMARTS) is 1. The van der Waals surface area contributed by atoms with E-state index >= 15 is 0 Å². The topological polar surface area (TPSA) is 127 Å². The molecule has 2 aromatic carbocycles. The Kier molecular flexibility index (Phi) is 5.37. The first kappa shape index (κ1) is 21.8. The number of fused-ring (bicyclic) bond motifs is 1. The van der Waals surface area contributed by atoms with Gasteiger partial charge in [0.15, 0.2) is 17.2 Å². The van der Waals surface area contributed by atoms with Gasteiger partial charge in [-0.1, -0.05) is 12.1 Å². The fourth-order valence-corrected chi connectivity index (χ4v) is 5.06. The van der Waals surface area contributed by atoms with Crippen molar-refractivity contribution < 1.29 is 19.8 Å². The molecular formula is C24H21N5O4S. The summed E-state index contributed by atoms with van der Waals surface area (Å²) < 4.78 is 0. The molecule has 0 saturated heterocycles. The first-order valence-electron chi connectivity index (χ1n) is 10.7. The van der Waals surface area contributed by atoms with Gasteiger partial charge in [-0.05, 0) is 68.5 Å². The zero-order valence-corrected chi connectivity index (χ0v) is 19.3. The van der Waals surface area contributed by atoms with Crippen LogP contribution in [0.2, 0.25) is 0 Å². The van der Waals surface area contributed by atoms with Crippen LogP contribution in [0.25, 0.3) is 10.6 Å². The lowest BCUT2D eigenvalue weighted by atomic mass is 10.1. The predicted molar refractivity (Wildman–Crippen MR) is 131 cm³/mol. The summed E-state index contributed by atoms with van der Waals surface area (Å²) in [6.45, 7) is 3.37. The van der Waals surface area contributed by atoms with Gasteiger partial charge in [0, 0.05) is 4.88 Å². The number of hydrogen-bond acceptors (Lipinski definition) is 8. The molecule has 10 heteroatoms. The minimum absolute atomic E-state index is 0.0481. The van der Waals surface area contributed by atoms with Crippen LogP contribution in [-0.4, -0.2) is 38.5 Å². The highest BCUT2D eigenvalue weighted by molar-refractivity contribution is 7.15. The number of phenols is 1. The quantitative estimate of drug-likeness (QED) is 0.375. The van der Waals surface area contributed by atoms with Gasteiger partial charge in [0.2, 0.25) is 0 Å². The average Bonchev–Trinajstić information content (AvgIpc) is 3.50. The lowest BCUT2D eigenvalue weighted by Gasteiger charge is -2.13. The number of carbonyl (C=O) groups excluding carboxylic acids is 1. The number of aromatic nitrogens is 1. The molecule has 1 aliphatic carbocycles. The van der Waals surface area contributed by atoms with Crippen molar-refractivity contribution >= 4 is 46.0 Å². The van der Waals surface area contributed by atoms with Gasteiger partial charge in [-0.25, -0.2) is 9.78 Å². The molecule has 1 amide bonds. The number of aryl methyl sites for hydroxylation is 3. The van der Waals surface area contributed by atoms with Gasteiger partial charge >= 0.3 is 11.9 Å². The van der Waals surface area contributed by atoms with Gasteiger partial charge in [0.05, 0.1) is 22.6 Å². The predicted octanol–water partition coefficient (Wildman–Crippen LogP) is 4.20. The monoisotopic (exact) mass is 475 g/mol. The molecule has 9 nitrogen and oxygen atoms in total. The number of hydrazone groups is 2. The molecule has 5 rings (SSSR count). The maximum atomic E-state index is 13.0. The van der Waals surface area contributed by atoms with Gasteiger partial charge in [-0.3, -0.25) is 10.2 Å². The molecule has 0 fully saturated rings. The van der Waals surface area contributed by atoms with Crippen molar-refractivity contribution in [3.05, 3.63) is 58.1 Å². The van der Waals surface area contributed by atoms with Gasteiger partial charge in [0.25, 0.3) is 0 Å². The van der Waals surface area contributed by atoms with Crippen molar-refractivity contribution in [2.75, 3.05) is 10.4 Å². The van der Waals surface area contributed by atoms with Crippen molar-refractivity contribution in [3.63, 3.8) is 0 Å². The van der Waals surface area contributed by atoms with Crippen LogP contribution in [0.15, 0.2) is 46.6 Å². The van der Waals surface area contributed by atoms with E-state index in [9.17, 15) is 19.8 Å². The Morgan fingerprint density at radius 1 is 1.18 bits per heavy atom. The Morgan fingerprint density at radius 3 is 2.74 bits per heavy atom. The number of para-hydroxylation sites is 1. The van der Waals surface area contributed by atoms with Crippen molar-refractivity contribution in [3.8, 4) is 16.3 Å². The largest absolute Gasteiger partial charge is 0.505 e. The highest BCUT2D eigenvalue weighted by Gasteiger charge is 2.31. The average molecular weight is 476 g/mol.